The minimum Gasteiger partial charge on any atom is -0.339 e. The first-order chi connectivity index (χ1) is 12.7. The molecule has 4 rings (SSSR count). The van der Waals surface area contributed by atoms with Crippen LogP contribution in [0.5, 0.6) is 0 Å². The van der Waals surface area contributed by atoms with Crippen LogP contribution in [0.2, 0.25) is 0 Å². The number of halogens is 1. The van der Waals surface area contributed by atoms with E-state index >= 15 is 0 Å². The Morgan fingerprint density at radius 3 is 2.73 bits per heavy atom. The third-order valence-electron chi connectivity index (χ3n) is 5.92. The van der Waals surface area contributed by atoms with Gasteiger partial charge in [0.05, 0.1) is 0 Å². The van der Waals surface area contributed by atoms with Crippen LogP contribution >= 0.6 is 11.3 Å². The summed E-state index contributed by atoms with van der Waals surface area (Å²) in [5.74, 6) is 0.758. The van der Waals surface area contributed by atoms with E-state index < -0.39 is 0 Å². The second-order valence-electron chi connectivity index (χ2n) is 7.44. The lowest BCUT2D eigenvalue weighted by Gasteiger charge is -2.39. The van der Waals surface area contributed by atoms with Crippen molar-refractivity contribution in [3.63, 3.8) is 0 Å². The maximum atomic E-state index is 13.4. The molecule has 138 valence electrons. The average molecular weight is 373 g/mol. The molecule has 0 aliphatic carbocycles. The molecule has 3 heterocycles. The molecule has 0 bridgehead atoms. The zero-order chi connectivity index (χ0) is 18.1. The summed E-state index contributed by atoms with van der Waals surface area (Å²) in [6.07, 6.45) is 1.58. The van der Waals surface area contributed by atoms with Crippen LogP contribution in [0.3, 0.4) is 0 Å². The number of benzene rings is 1. The van der Waals surface area contributed by atoms with E-state index in [0.717, 1.165) is 38.2 Å². The fraction of sp³-hybridized carbons (Fsp3) is 0.476. The van der Waals surface area contributed by atoms with Crippen molar-refractivity contribution < 1.29 is 9.18 Å². The topological polar surface area (TPSA) is 23.6 Å². The monoisotopic (exact) mass is 372 g/mol. The van der Waals surface area contributed by atoms with Crippen molar-refractivity contribution in [2.24, 2.45) is 5.92 Å². The summed E-state index contributed by atoms with van der Waals surface area (Å²) in [5.41, 5.74) is 2.52. The van der Waals surface area contributed by atoms with Gasteiger partial charge in [0.25, 0.3) is 0 Å². The van der Waals surface area contributed by atoms with Crippen LogP contribution in [0.4, 0.5) is 4.39 Å². The fourth-order valence-corrected chi connectivity index (χ4v) is 5.30. The van der Waals surface area contributed by atoms with E-state index in [0.29, 0.717) is 24.3 Å². The molecule has 3 nitrogen and oxygen atoms in total. The number of carbonyl (C=O) groups is 1. The van der Waals surface area contributed by atoms with Crippen LogP contribution in [0, 0.1) is 11.7 Å². The highest BCUT2D eigenvalue weighted by Crippen LogP contribution is 2.42. The lowest BCUT2D eigenvalue weighted by molar-refractivity contribution is -0.132. The first-order valence-corrected chi connectivity index (χ1v) is 10.4. The molecule has 2 saturated heterocycles. The normalized spacial score (nSPS) is 26.1. The number of piperidine rings is 1. The Hall–Kier alpha value is -1.72. The van der Waals surface area contributed by atoms with Gasteiger partial charge in [-0.15, -0.1) is 0 Å². The van der Waals surface area contributed by atoms with Crippen molar-refractivity contribution in [3.05, 3.63) is 58.0 Å². The zero-order valence-electron chi connectivity index (χ0n) is 15.1. The molecular formula is C21H25FN2OS. The van der Waals surface area contributed by atoms with Gasteiger partial charge in [-0.2, -0.15) is 11.3 Å². The van der Waals surface area contributed by atoms with Gasteiger partial charge in [0.15, 0.2) is 0 Å². The predicted molar refractivity (Wildman–Crippen MR) is 103 cm³/mol. The number of nitrogens with zero attached hydrogens (tertiary/aromatic N) is 2. The molecule has 3 atom stereocenters. The summed E-state index contributed by atoms with van der Waals surface area (Å²) in [5, 5.41) is 4.34. The van der Waals surface area contributed by atoms with Gasteiger partial charge in [-0.05, 0) is 46.5 Å². The highest BCUT2D eigenvalue weighted by Gasteiger charge is 2.46. The smallest absolute Gasteiger partial charge is 0.222 e. The SMILES string of the molecule is CCC(=O)N1C[C@H](c2ccc(F)cc2)[C@H]2CN(Cc3ccsc3)CC[C@H]21. The van der Waals surface area contributed by atoms with Gasteiger partial charge in [-0.1, -0.05) is 19.1 Å². The number of carbonyl (C=O) groups excluding carboxylic acids is 1. The zero-order valence-corrected chi connectivity index (χ0v) is 15.9. The summed E-state index contributed by atoms with van der Waals surface area (Å²) < 4.78 is 13.4. The quantitative estimate of drug-likeness (QED) is 0.806. The molecule has 1 aromatic carbocycles. The van der Waals surface area contributed by atoms with Gasteiger partial charge in [-0.25, -0.2) is 4.39 Å². The number of thiophene rings is 1. The molecule has 0 radical (unpaired) electrons. The summed E-state index contributed by atoms with van der Waals surface area (Å²) in [6.45, 7) is 5.70. The summed E-state index contributed by atoms with van der Waals surface area (Å²) in [6, 6.07) is 9.39. The third kappa shape index (κ3) is 3.42. The van der Waals surface area contributed by atoms with Crippen LogP contribution in [-0.4, -0.2) is 41.4 Å². The maximum absolute atomic E-state index is 13.4. The van der Waals surface area contributed by atoms with E-state index in [-0.39, 0.29) is 11.7 Å². The highest BCUT2D eigenvalue weighted by molar-refractivity contribution is 7.07. The fourth-order valence-electron chi connectivity index (χ4n) is 4.64. The molecule has 0 unspecified atom stereocenters. The van der Waals surface area contributed by atoms with Gasteiger partial charge in [0.1, 0.15) is 5.82 Å². The van der Waals surface area contributed by atoms with E-state index in [1.54, 1.807) is 23.5 Å². The summed E-state index contributed by atoms with van der Waals surface area (Å²) in [4.78, 5) is 17.1. The second-order valence-corrected chi connectivity index (χ2v) is 8.22. The summed E-state index contributed by atoms with van der Waals surface area (Å²) in [7, 11) is 0. The maximum Gasteiger partial charge on any atom is 0.222 e. The lowest BCUT2D eigenvalue weighted by Crippen LogP contribution is -2.47. The Kier molecular flexibility index (Phi) is 5.09. The number of rotatable bonds is 4. The highest BCUT2D eigenvalue weighted by atomic mass is 32.1. The van der Waals surface area contributed by atoms with Crippen LogP contribution in [0.1, 0.15) is 36.8 Å². The van der Waals surface area contributed by atoms with Gasteiger partial charge >= 0.3 is 0 Å². The number of hydrogen-bond acceptors (Lipinski definition) is 3. The van der Waals surface area contributed by atoms with Crippen LogP contribution in [0.25, 0.3) is 0 Å². The van der Waals surface area contributed by atoms with Gasteiger partial charge in [0, 0.05) is 50.5 Å². The predicted octanol–water partition coefficient (Wildman–Crippen LogP) is 4.11. The van der Waals surface area contributed by atoms with Gasteiger partial charge < -0.3 is 4.90 Å². The van der Waals surface area contributed by atoms with Crippen molar-refractivity contribution in [2.45, 2.75) is 38.3 Å². The number of fused-ring (bicyclic) bond motifs is 1. The van der Waals surface area contributed by atoms with Crippen molar-refractivity contribution in [3.8, 4) is 0 Å². The molecule has 5 heteroatoms. The second kappa shape index (κ2) is 7.49. The Bertz CT molecular complexity index is 746. The largest absolute Gasteiger partial charge is 0.339 e. The van der Waals surface area contributed by atoms with Crippen LogP contribution < -0.4 is 0 Å². The molecule has 0 N–H and O–H groups in total. The third-order valence-corrected chi connectivity index (χ3v) is 6.65. The van der Waals surface area contributed by atoms with E-state index in [4.69, 9.17) is 0 Å². The molecule has 26 heavy (non-hydrogen) atoms. The molecule has 1 aromatic heterocycles. The van der Waals surface area contributed by atoms with Gasteiger partial charge in [0.2, 0.25) is 5.91 Å². The molecule has 2 aliphatic heterocycles. The average Bonchev–Trinajstić information content (AvgIpc) is 3.29. The standard InChI is InChI=1S/C21H25FN2OS/c1-2-21(25)24-13-18(16-3-5-17(22)6-4-16)19-12-23(9-7-20(19)24)11-15-8-10-26-14-15/h3-6,8,10,14,18-20H,2,7,9,11-13H2,1H3/t18-,19-,20-/m1/s1. The molecular weight excluding hydrogens is 347 g/mol. The van der Waals surface area contributed by atoms with Crippen molar-refractivity contribution in [1.29, 1.82) is 0 Å². The Morgan fingerprint density at radius 1 is 1.23 bits per heavy atom. The Labute approximate surface area is 158 Å². The Balaban J connectivity index is 1.57. The van der Waals surface area contributed by atoms with E-state index in [1.165, 1.54) is 5.56 Å². The first-order valence-electron chi connectivity index (χ1n) is 9.44. The number of hydrogen-bond donors (Lipinski definition) is 0. The molecule has 2 aliphatic rings. The van der Waals surface area contributed by atoms with Crippen LogP contribution in [0.15, 0.2) is 41.1 Å². The molecule has 1 amide bonds. The number of amides is 1. The van der Waals surface area contributed by atoms with Crippen LogP contribution in [-0.2, 0) is 11.3 Å². The minimum absolute atomic E-state index is 0.201. The first kappa shape index (κ1) is 17.7. The van der Waals surface area contributed by atoms with E-state index in [1.807, 2.05) is 19.1 Å². The van der Waals surface area contributed by atoms with E-state index in [2.05, 4.69) is 26.6 Å². The molecule has 0 saturated carbocycles. The van der Waals surface area contributed by atoms with Crippen molar-refractivity contribution in [1.82, 2.24) is 9.80 Å². The summed E-state index contributed by atoms with van der Waals surface area (Å²) >= 11 is 1.74. The molecule has 0 spiro atoms. The minimum atomic E-state index is -0.201. The lowest BCUT2D eigenvalue weighted by atomic mass is 9.81. The van der Waals surface area contributed by atoms with Crippen molar-refractivity contribution >= 4 is 17.2 Å². The Morgan fingerprint density at radius 2 is 2.04 bits per heavy atom. The molecule has 2 fully saturated rings. The number of likely N-dealkylation sites (tertiary alicyclic amines) is 2. The van der Waals surface area contributed by atoms with E-state index in [9.17, 15) is 9.18 Å². The van der Waals surface area contributed by atoms with Crippen molar-refractivity contribution in [2.75, 3.05) is 19.6 Å². The van der Waals surface area contributed by atoms with Gasteiger partial charge in [-0.3, -0.25) is 9.69 Å². The molecule has 2 aromatic rings.